The van der Waals surface area contributed by atoms with Gasteiger partial charge in [-0.05, 0) is 40.8 Å². The summed E-state index contributed by atoms with van der Waals surface area (Å²) < 4.78 is 0. The van der Waals surface area contributed by atoms with Gasteiger partial charge in [0.1, 0.15) is 13.2 Å². The van der Waals surface area contributed by atoms with E-state index in [-0.39, 0.29) is 12.4 Å². The van der Waals surface area contributed by atoms with Crippen LogP contribution in [-0.4, -0.2) is 33.9 Å². The number of halogens is 1. The molecule has 2 heterocycles. The Kier molecular flexibility index (Phi) is 4.50. The van der Waals surface area contributed by atoms with E-state index in [1.54, 1.807) is 41.7 Å². The van der Waals surface area contributed by atoms with E-state index in [9.17, 15) is 10.1 Å². The number of amidine groups is 1. The van der Waals surface area contributed by atoms with Crippen molar-refractivity contribution in [3.63, 3.8) is 0 Å². The van der Waals surface area contributed by atoms with Crippen LogP contribution in [0, 0.1) is 10.1 Å². The molecule has 0 bridgehead atoms. The predicted octanol–water partition coefficient (Wildman–Crippen LogP) is 2.60. The van der Waals surface area contributed by atoms with Gasteiger partial charge in [-0.3, -0.25) is 9.88 Å². The van der Waals surface area contributed by atoms with Crippen molar-refractivity contribution >= 4 is 23.1 Å². The molecule has 0 saturated carbocycles. The molecule has 2 aromatic rings. The molecule has 1 aromatic heterocycles. The summed E-state index contributed by atoms with van der Waals surface area (Å²) in [6.07, 6.45) is 3.45. The van der Waals surface area contributed by atoms with Gasteiger partial charge in [0.25, 0.3) is 0 Å². The minimum absolute atomic E-state index is 0.0879. The molecular formula is C15H14ClN5O2. The number of hydrazone groups is 1. The van der Waals surface area contributed by atoms with Crippen molar-refractivity contribution in [1.29, 1.82) is 0 Å². The lowest BCUT2D eigenvalue weighted by molar-refractivity contribution is -0.354. The van der Waals surface area contributed by atoms with Crippen molar-refractivity contribution in [2.75, 3.05) is 18.2 Å². The smallest absolute Gasteiger partial charge is 0.358 e. The number of nitro groups is 1. The topological polar surface area (TPSA) is 74.9 Å². The fraction of sp³-hybridized carbons (Fsp3) is 0.200. The molecule has 8 heteroatoms. The fourth-order valence-corrected chi connectivity index (χ4v) is 2.47. The number of anilines is 1. The van der Waals surface area contributed by atoms with Crippen LogP contribution >= 0.6 is 11.6 Å². The lowest BCUT2D eigenvalue weighted by Crippen LogP contribution is -2.45. The SMILES string of the molecule is O=[N+]([O-])C1=NN(c2ccc(Cl)cc2)CN(Cc2cccnc2)C1. The van der Waals surface area contributed by atoms with Crippen molar-refractivity contribution < 1.29 is 4.92 Å². The summed E-state index contributed by atoms with van der Waals surface area (Å²) in [5.74, 6) is -0.0879. The van der Waals surface area contributed by atoms with Gasteiger partial charge >= 0.3 is 5.84 Å². The summed E-state index contributed by atoms with van der Waals surface area (Å²) in [5, 5.41) is 17.5. The first-order valence-electron chi connectivity index (χ1n) is 6.98. The zero-order valence-corrected chi connectivity index (χ0v) is 12.9. The number of rotatable bonds is 3. The molecule has 0 amide bonds. The van der Waals surface area contributed by atoms with Gasteiger partial charge in [-0.25, -0.2) is 0 Å². The lowest BCUT2D eigenvalue weighted by Gasteiger charge is -2.28. The Bertz CT molecular complexity index is 720. The molecule has 0 unspecified atom stereocenters. The van der Waals surface area contributed by atoms with Gasteiger partial charge in [0.05, 0.1) is 10.8 Å². The Labute approximate surface area is 138 Å². The first-order chi connectivity index (χ1) is 11.1. The van der Waals surface area contributed by atoms with Crippen LogP contribution in [0.4, 0.5) is 5.69 Å². The van der Waals surface area contributed by atoms with Gasteiger partial charge in [-0.15, -0.1) is 0 Å². The predicted molar refractivity (Wildman–Crippen MR) is 87.9 cm³/mol. The maximum Gasteiger partial charge on any atom is 0.378 e. The van der Waals surface area contributed by atoms with Crippen molar-refractivity contribution in [3.05, 3.63) is 69.5 Å². The standard InChI is InChI=1S/C15H14ClN5O2/c16-13-3-5-14(6-4-13)20-11-19(10-15(18-20)21(22)23)9-12-2-1-7-17-8-12/h1-8H,9-11H2. The van der Waals surface area contributed by atoms with Gasteiger partial charge < -0.3 is 10.1 Å². The number of pyridine rings is 1. The highest BCUT2D eigenvalue weighted by Gasteiger charge is 2.29. The highest BCUT2D eigenvalue weighted by Crippen LogP contribution is 2.21. The highest BCUT2D eigenvalue weighted by atomic mass is 35.5. The maximum atomic E-state index is 11.2. The normalized spacial score (nSPS) is 15.3. The second kappa shape index (κ2) is 6.72. The van der Waals surface area contributed by atoms with Crippen LogP contribution in [0.5, 0.6) is 0 Å². The van der Waals surface area contributed by atoms with Crippen molar-refractivity contribution in [3.8, 4) is 0 Å². The highest BCUT2D eigenvalue weighted by molar-refractivity contribution is 6.30. The van der Waals surface area contributed by atoms with Crippen LogP contribution in [0.25, 0.3) is 0 Å². The first-order valence-corrected chi connectivity index (χ1v) is 7.36. The molecule has 0 spiro atoms. The van der Waals surface area contributed by atoms with Crippen molar-refractivity contribution in [2.24, 2.45) is 5.10 Å². The molecule has 118 valence electrons. The minimum Gasteiger partial charge on any atom is -0.358 e. The maximum absolute atomic E-state index is 11.2. The van der Waals surface area contributed by atoms with E-state index in [1.807, 2.05) is 17.0 Å². The summed E-state index contributed by atoms with van der Waals surface area (Å²) in [4.78, 5) is 16.7. The Morgan fingerprint density at radius 2 is 2.04 bits per heavy atom. The van der Waals surface area contributed by atoms with E-state index in [4.69, 9.17) is 11.6 Å². The van der Waals surface area contributed by atoms with Crippen LogP contribution in [-0.2, 0) is 6.54 Å². The third-order valence-corrected chi connectivity index (χ3v) is 3.65. The fourth-order valence-electron chi connectivity index (χ4n) is 2.34. The van der Waals surface area contributed by atoms with Crippen molar-refractivity contribution in [2.45, 2.75) is 6.54 Å². The number of hydrogen-bond acceptors (Lipinski definition) is 6. The van der Waals surface area contributed by atoms with E-state index >= 15 is 0 Å². The largest absolute Gasteiger partial charge is 0.378 e. The van der Waals surface area contributed by atoms with E-state index in [2.05, 4.69) is 10.1 Å². The third-order valence-electron chi connectivity index (χ3n) is 3.40. The molecule has 1 aliphatic heterocycles. The Hall–Kier alpha value is -2.51. The van der Waals surface area contributed by atoms with Crippen LogP contribution in [0.3, 0.4) is 0 Å². The zero-order valence-electron chi connectivity index (χ0n) is 12.2. The second-order valence-corrected chi connectivity index (χ2v) is 5.58. The molecule has 0 saturated heterocycles. The van der Waals surface area contributed by atoms with Gasteiger partial charge in [0.15, 0.2) is 0 Å². The molecule has 0 N–H and O–H groups in total. The summed E-state index contributed by atoms with van der Waals surface area (Å²) in [6.45, 7) is 1.20. The molecule has 1 aromatic carbocycles. The molecule has 0 radical (unpaired) electrons. The second-order valence-electron chi connectivity index (χ2n) is 5.14. The summed E-state index contributed by atoms with van der Waals surface area (Å²) in [7, 11) is 0. The Balaban J connectivity index is 1.83. The van der Waals surface area contributed by atoms with E-state index < -0.39 is 4.92 Å². The van der Waals surface area contributed by atoms with Crippen LogP contribution < -0.4 is 5.01 Å². The number of hydrogen-bond donors (Lipinski definition) is 0. The number of benzene rings is 1. The molecule has 7 nitrogen and oxygen atoms in total. The van der Waals surface area contributed by atoms with E-state index in [0.717, 1.165) is 11.3 Å². The lowest BCUT2D eigenvalue weighted by atomic mass is 10.2. The van der Waals surface area contributed by atoms with E-state index in [1.165, 1.54) is 0 Å². The average molecular weight is 332 g/mol. The summed E-state index contributed by atoms with van der Waals surface area (Å²) in [6, 6.07) is 10.8. The average Bonchev–Trinajstić information content (AvgIpc) is 2.56. The molecule has 1 aliphatic rings. The van der Waals surface area contributed by atoms with Crippen LogP contribution in [0.15, 0.2) is 53.9 Å². The number of aromatic nitrogens is 1. The van der Waals surface area contributed by atoms with Gasteiger partial charge in [0, 0.05) is 24.0 Å². The van der Waals surface area contributed by atoms with Crippen molar-refractivity contribution in [1.82, 2.24) is 9.88 Å². The molecule has 0 atom stereocenters. The quantitative estimate of drug-likeness (QED) is 0.638. The van der Waals surface area contributed by atoms with Crippen LogP contribution in [0.1, 0.15) is 5.56 Å². The molecule has 23 heavy (non-hydrogen) atoms. The van der Waals surface area contributed by atoms with Gasteiger partial charge in [-0.1, -0.05) is 17.7 Å². The van der Waals surface area contributed by atoms with Gasteiger partial charge in [-0.2, -0.15) is 5.01 Å². The summed E-state index contributed by atoms with van der Waals surface area (Å²) >= 11 is 5.89. The molecule has 0 fully saturated rings. The third kappa shape index (κ3) is 3.82. The molecular weight excluding hydrogens is 318 g/mol. The zero-order chi connectivity index (χ0) is 16.2. The Morgan fingerprint density at radius 1 is 1.26 bits per heavy atom. The first kappa shape index (κ1) is 15.4. The Morgan fingerprint density at radius 3 is 2.70 bits per heavy atom. The van der Waals surface area contributed by atoms with Gasteiger partial charge in [0.2, 0.25) is 0 Å². The molecule has 0 aliphatic carbocycles. The summed E-state index contributed by atoms with van der Waals surface area (Å²) in [5.41, 5.74) is 1.75. The molecule has 3 rings (SSSR count). The number of nitrogens with zero attached hydrogens (tertiary/aromatic N) is 5. The van der Waals surface area contributed by atoms with Crippen LogP contribution in [0.2, 0.25) is 5.02 Å². The monoisotopic (exact) mass is 331 g/mol. The van der Waals surface area contributed by atoms with E-state index in [0.29, 0.717) is 18.2 Å². The minimum atomic E-state index is -0.446.